The molecule has 1 aliphatic carbocycles. The van der Waals surface area contributed by atoms with Crippen LogP contribution in [0.1, 0.15) is 37.7 Å². The lowest BCUT2D eigenvalue weighted by molar-refractivity contribution is -0.128. The Morgan fingerprint density at radius 2 is 1.85 bits per heavy atom. The number of carbonyl (C=O) groups excluding carboxylic acids is 1. The van der Waals surface area contributed by atoms with Gasteiger partial charge >= 0.3 is 0 Å². The van der Waals surface area contributed by atoms with E-state index >= 15 is 0 Å². The molecule has 0 unspecified atom stereocenters. The van der Waals surface area contributed by atoms with Crippen LogP contribution in [0.3, 0.4) is 0 Å². The average Bonchev–Trinajstić information content (AvgIpc) is 2.94. The normalized spacial score (nSPS) is 33.3. The van der Waals surface area contributed by atoms with Gasteiger partial charge in [0, 0.05) is 18.3 Å². The molecule has 2 aliphatic rings. The maximum absolute atomic E-state index is 12.8. The molecule has 0 spiro atoms. The number of amides is 1. The Hall–Kier alpha value is -3.08. The number of ether oxygens (including phenoxy) is 1. The number of hydrogen-bond acceptors (Lipinski definition) is 6. The molecule has 7 heteroatoms. The van der Waals surface area contributed by atoms with Crippen LogP contribution in [0.5, 0.6) is 5.75 Å². The summed E-state index contributed by atoms with van der Waals surface area (Å²) in [4.78, 5) is 12.8. The van der Waals surface area contributed by atoms with Gasteiger partial charge in [0.05, 0.1) is 25.3 Å². The van der Waals surface area contributed by atoms with Gasteiger partial charge in [-0.25, -0.2) is 0 Å². The van der Waals surface area contributed by atoms with Crippen molar-refractivity contribution in [2.45, 2.75) is 37.8 Å². The van der Waals surface area contributed by atoms with Gasteiger partial charge in [0.2, 0.25) is 5.91 Å². The molecule has 1 aromatic rings. The van der Waals surface area contributed by atoms with Gasteiger partial charge in [-0.05, 0) is 24.1 Å². The topological polar surface area (TPSA) is 130 Å². The Morgan fingerprint density at radius 1 is 1.22 bits per heavy atom. The fourth-order valence-electron chi connectivity index (χ4n) is 4.76. The molecule has 1 saturated carbocycles. The number of nitriles is 3. The number of hydrogen-bond donors (Lipinski definition) is 2. The van der Waals surface area contributed by atoms with Crippen LogP contribution in [0.4, 0.5) is 0 Å². The number of fused-ring (bicyclic) bond motifs is 2. The number of carbonyl (C=O) groups is 1. The van der Waals surface area contributed by atoms with E-state index in [0.29, 0.717) is 24.2 Å². The summed E-state index contributed by atoms with van der Waals surface area (Å²) < 4.78 is 5.17. The van der Waals surface area contributed by atoms with Gasteiger partial charge in [-0.2, -0.15) is 15.8 Å². The molecule has 138 valence electrons. The highest BCUT2D eigenvalue weighted by atomic mass is 16.5. The van der Waals surface area contributed by atoms with Crippen molar-refractivity contribution in [2.75, 3.05) is 7.11 Å². The zero-order chi connectivity index (χ0) is 19.9. The van der Waals surface area contributed by atoms with Crippen LogP contribution in [-0.4, -0.2) is 23.8 Å². The predicted molar refractivity (Wildman–Crippen MR) is 93.5 cm³/mol. The van der Waals surface area contributed by atoms with Gasteiger partial charge in [-0.1, -0.05) is 25.5 Å². The maximum atomic E-state index is 12.8. The Morgan fingerprint density at radius 3 is 2.33 bits per heavy atom. The van der Waals surface area contributed by atoms with Gasteiger partial charge in [-0.15, -0.1) is 0 Å². The highest BCUT2D eigenvalue weighted by molar-refractivity contribution is 5.92. The molecule has 1 aromatic carbocycles. The van der Waals surface area contributed by atoms with Crippen LogP contribution in [0.25, 0.3) is 0 Å². The molecule has 27 heavy (non-hydrogen) atoms. The van der Waals surface area contributed by atoms with Crippen molar-refractivity contribution in [3.05, 3.63) is 29.8 Å². The van der Waals surface area contributed by atoms with Gasteiger partial charge < -0.3 is 15.2 Å². The Labute approximate surface area is 157 Å². The lowest BCUT2D eigenvalue weighted by atomic mass is 9.48. The van der Waals surface area contributed by atoms with Crippen molar-refractivity contribution < 1.29 is 14.6 Å². The quantitative estimate of drug-likeness (QED) is 0.840. The second kappa shape index (κ2) is 6.27. The van der Waals surface area contributed by atoms with E-state index < -0.39 is 34.3 Å². The molecular weight excluding hydrogens is 344 g/mol. The molecule has 2 bridgehead atoms. The first-order chi connectivity index (χ1) is 12.9. The molecule has 7 nitrogen and oxygen atoms in total. The minimum absolute atomic E-state index is 0.270. The van der Waals surface area contributed by atoms with Crippen LogP contribution in [0.2, 0.25) is 0 Å². The standard InChI is InChI=1S/C20H20N4O3/c1-3-4-15-16(13-5-7-14(27-2)8-6-13)19(11-22,12-23)18(10-21)9-20(15,26)24-17(18)25/h5-8,15-16,26H,3-4,9H2,1-2H3,(H,24,25)/t15-,16-,18-,20-/m0/s1. The van der Waals surface area contributed by atoms with E-state index in [2.05, 4.69) is 5.32 Å². The highest BCUT2D eigenvalue weighted by Gasteiger charge is 2.76. The van der Waals surface area contributed by atoms with E-state index in [1.54, 1.807) is 24.3 Å². The van der Waals surface area contributed by atoms with Crippen molar-refractivity contribution in [2.24, 2.45) is 16.7 Å². The van der Waals surface area contributed by atoms with Crippen LogP contribution >= 0.6 is 0 Å². The predicted octanol–water partition coefficient (Wildman–Crippen LogP) is 1.96. The monoisotopic (exact) mass is 364 g/mol. The average molecular weight is 364 g/mol. The third-order valence-corrected chi connectivity index (χ3v) is 6.03. The number of rotatable bonds is 4. The number of benzene rings is 1. The fourth-order valence-corrected chi connectivity index (χ4v) is 4.76. The maximum Gasteiger partial charge on any atom is 0.245 e. The fraction of sp³-hybridized carbons (Fsp3) is 0.500. The molecule has 4 atom stereocenters. The van der Waals surface area contributed by atoms with E-state index in [-0.39, 0.29) is 6.42 Å². The largest absolute Gasteiger partial charge is 0.497 e. The van der Waals surface area contributed by atoms with Crippen LogP contribution < -0.4 is 10.1 Å². The van der Waals surface area contributed by atoms with Crippen LogP contribution in [0.15, 0.2) is 24.3 Å². The van der Waals surface area contributed by atoms with Gasteiger partial charge in [0.15, 0.2) is 10.8 Å². The van der Waals surface area contributed by atoms with E-state index in [4.69, 9.17) is 4.74 Å². The Bertz CT molecular complexity index is 878. The third kappa shape index (κ3) is 2.24. The summed E-state index contributed by atoms with van der Waals surface area (Å²) in [6, 6.07) is 12.8. The molecule has 2 fully saturated rings. The molecule has 0 aromatic heterocycles. The van der Waals surface area contributed by atoms with Crippen molar-refractivity contribution in [3.8, 4) is 24.0 Å². The highest BCUT2D eigenvalue weighted by Crippen LogP contribution is 2.65. The zero-order valence-electron chi connectivity index (χ0n) is 15.2. The molecule has 1 saturated heterocycles. The lowest BCUT2D eigenvalue weighted by Crippen LogP contribution is -2.57. The molecule has 1 aliphatic heterocycles. The van der Waals surface area contributed by atoms with Crippen molar-refractivity contribution >= 4 is 5.91 Å². The summed E-state index contributed by atoms with van der Waals surface area (Å²) in [6.07, 6.45) is 0.899. The third-order valence-electron chi connectivity index (χ3n) is 6.03. The van der Waals surface area contributed by atoms with Crippen molar-refractivity contribution in [1.82, 2.24) is 5.32 Å². The Balaban J connectivity index is 2.31. The van der Waals surface area contributed by atoms with Crippen LogP contribution in [0, 0.1) is 50.7 Å². The van der Waals surface area contributed by atoms with Crippen molar-refractivity contribution in [3.63, 3.8) is 0 Å². The van der Waals surface area contributed by atoms with Gasteiger partial charge in [0.25, 0.3) is 0 Å². The zero-order valence-corrected chi connectivity index (χ0v) is 15.2. The second-order valence-electron chi connectivity index (χ2n) is 7.25. The first-order valence-electron chi connectivity index (χ1n) is 8.80. The number of aliphatic hydroxyl groups is 1. The summed E-state index contributed by atoms with van der Waals surface area (Å²) >= 11 is 0. The van der Waals surface area contributed by atoms with E-state index in [9.17, 15) is 25.7 Å². The first kappa shape index (κ1) is 18.7. The summed E-state index contributed by atoms with van der Waals surface area (Å²) in [5, 5.41) is 43.7. The summed E-state index contributed by atoms with van der Waals surface area (Å²) in [5.41, 5.74) is -4.86. The molecule has 2 N–H and O–H groups in total. The van der Waals surface area contributed by atoms with Gasteiger partial charge in [0.1, 0.15) is 11.5 Å². The van der Waals surface area contributed by atoms with E-state index in [1.165, 1.54) is 7.11 Å². The van der Waals surface area contributed by atoms with E-state index in [1.807, 2.05) is 25.1 Å². The van der Waals surface area contributed by atoms with Gasteiger partial charge in [-0.3, -0.25) is 4.79 Å². The number of nitrogens with one attached hydrogen (secondary N) is 1. The SMILES string of the molecule is CCC[C@H]1[C@H](c2ccc(OC)cc2)C(C#N)(C#N)[C@]2(C#N)C[C@@]1(O)NC2=O. The number of methoxy groups -OCH3 is 1. The number of nitrogens with zero attached hydrogens (tertiary/aromatic N) is 3. The molecular formula is C20H20N4O3. The minimum atomic E-state index is -1.93. The summed E-state index contributed by atoms with van der Waals surface area (Å²) in [5.74, 6) is -1.54. The molecule has 0 radical (unpaired) electrons. The summed E-state index contributed by atoms with van der Waals surface area (Å²) in [6.45, 7) is 1.93. The summed E-state index contributed by atoms with van der Waals surface area (Å²) in [7, 11) is 1.53. The van der Waals surface area contributed by atoms with E-state index in [0.717, 1.165) is 0 Å². The Kier molecular flexibility index (Phi) is 4.34. The molecule has 3 rings (SSSR count). The smallest absolute Gasteiger partial charge is 0.245 e. The molecule has 1 heterocycles. The first-order valence-corrected chi connectivity index (χ1v) is 8.80. The minimum Gasteiger partial charge on any atom is -0.497 e. The lowest BCUT2D eigenvalue weighted by Gasteiger charge is -2.49. The molecule has 1 amide bonds. The van der Waals surface area contributed by atoms with Crippen LogP contribution in [-0.2, 0) is 4.79 Å². The van der Waals surface area contributed by atoms with Crippen molar-refractivity contribution in [1.29, 1.82) is 15.8 Å². The second-order valence-corrected chi connectivity index (χ2v) is 7.25.